The van der Waals surface area contributed by atoms with E-state index in [4.69, 9.17) is 5.73 Å². The van der Waals surface area contributed by atoms with E-state index < -0.39 is 0 Å². The molecule has 1 aliphatic heterocycles. The van der Waals surface area contributed by atoms with E-state index in [1.807, 2.05) is 31.1 Å². The lowest BCUT2D eigenvalue weighted by Crippen LogP contribution is -2.46. The molecule has 4 rings (SSSR count). The van der Waals surface area contributed by atoms with Gasteiger partial charge in [0.05, 0.1) is 17.3 Å². The van der Waals surface area contributed by atoms with Crippen molar-refractivity contribution in [2.75, 3.05) is 37.8 Å². The summed E-state index contributed by atoms with van der Waals surface area (Å²) in [6, 6.07) is 27.3. The topological polar surface area (TPSA) is 61.6 Å². The molecule has 32 heavy (non-hydrogen) atoms. The Morgan fingerprint density at radius 2 is 1.47 bits per heavy atom. The van der Waals surface area contributed by atoms with Gasteiger partial charge in [-0.05, 0) is 36.1 Å². The highest BCUT2D eigenvalue weighted by atomic mass is 16.1. The molecule has 0 spiro atoms. The molecule has 3 aromatic rings. The van der Waals surface area contributed by atoms with Crippen LogP contribution in [0, 0.1) is 0 Å². The summed E-state index contributed by atoms with van der Waals surface area (Å²) in [6.07, 6.45) is 1.82. The van der Waals surface area contributed by atoms with E-state index in [2.05, 4.69) is 70.9 Å². The summed E-state index contributed by atoms with van der Waals surface area (Å²) in [6.45, 7) is 1.84. The molecule has 1 aliphatic rings. The first-order valence-electron chi connectivity index (χ1n) is 11.2. The highest BCUT2D eigenvalue weighted by molar-refractivity contribution is 6.04. The molecule has 5 nitrogen and oxygen atoms in total. The molecule has 0 unspecified atom stereocenters. The molecule has 0 aliphatic carbocycles. The van der Waals surface area contributed by atoms with Crippen LogP contribution >= 0.6 is 0 Å². The third kappa shape index (κ3) is 4.78. The quantitative estimate of drug-likeness (QED) is 0.574. The smallest absolute Gasteiger partial charge is 0.255 e. The fourth-order valence-electron chi connectivity index (χ4n) is 4.62. The SMILES string of the molecule is CN(C)c1cccc(N)c1C(=O)NC1CCN(C(c2ccccc2)c2ccccc2)CC1. The molecule has 0 atom stereocenters. The van der Waals surface area contributed by atoms with Gasteiger partial charge in [-0.2, -0.15) is 0 Å². The molecule has 0 bridgehead atoms. The molecular weight excluding hydrogens is 396 g/mol. The highest BCUT2D eigenvalue weighted by Crippen LogP contribution is 2.31. The van der Waals surface area contributed by atoms with Crippen LogP contribution < -0.4 is 16.0 Å². The monoisotopic (exact) mass is 428 g/mol. The first-order chi connectivity index (χ1) is 15.5. The first kappa shape index (κ1) is 21.9. The third-order valence-electron chi connectivity index (χ3n) is 6.24. The second-order valence-corrected chi connectivity index (χ2v) is 8.64. The van der Waals surface area contributed by atoms with Crippen molar-refractivity contribution in [3.05, 3.63) is 95.6 Å². The molecule has 5 heteroatoms. The second-order valence-electron chi connectivity index (χ2n) is 8.64. The maximum absolute atomic E-state index is 13.1. The number of carbonyl (C=O) groups excluding carboxylic acids is 1. The van der Waals surface area contributed by atoms with Crippen molar-refractivity contribution < 1.29 is 4.79 Å². The minimum absolute atomic E-state index is 0.0899. The number of likely N-dealkylation sites (tertiary alicyclic amines) is 1. The van der Waals surface area contributed by atoms with Crippen LogP contribution in [0.4, 0.5) is 11.4 Å². The number of hydrogen-bond donors (Lipinski definition) is 2. The average Bonchev–Trinajstić information content (AvgIpc) is 2.81. The number of rotatable bonds is 6. The number of nitrogens with zero attached hydrogens (tertiary/aromatic N) is 2. The highest BCUT2D eigenvalue weighted by Gasteiger charge is 2.28. The average molecular weight is 429 g/mol. The summed E-state index contributed by atoms with van der Waals surface area (Å²) in [5.41, 5.74) is 10.7. The zero-order valence-electron chi connectivity index (χ0n) is 18.9. The summed E-state index contributed by atoms with van der Waals surface area (Å²) in [4.78, 5) is 17.5. The Morgan fingerprint density at radius 1 is 0.906 bits per heavy atom. The number of hydrogen-bond acceptors (Lipinski definition) is 4. The minimum atomic E-state index is -0.0899. The molecule has 1 heterocycles. The summed E-state index contributed by atoms with van der Waals surface area (Å²) >= 11 is 0. The predicted molar refractivity (Wildman–Crippen MR) is 132 cm³/mol. The predicted octanol–water partition coefficient (Wildman–Crippen LogP) is 4.32. The molecule has 0 saturated carbocycles. The van der Waals surface area contributed by atoms with Crippen molar-refractivity contribution in [2.24, 2.45) is 0 Å². The van der Waals surface area contributed by atoms with Gasteiger partial charge >= 0.3 is 0 Å². The summed E-state index contributed by atoms with van der Waals surface area (Å²) in [7, 11) is 3.86. The van der Waals surface area contributed by atoms with Crippen LogP contribution in [0.25, 0.3) is 0 Å². The van der Waals surface area contributed by atoms with E-state index in [0.29, 0.717) is 11.3 Å². The number of nitrogens with two attached hydrogens (primary N) is 1. The van der Waals surface area contributed by atoms with E-state index in [0.717, 1.165) is 31.6 Å². The fourth-order valence-corrected chi connectivity index (χ4v) is 4.62. The van der Waals surface area contributed by atoms with E-state index in [1.54, 1.807) is 6.07 Å². The second kappa shape index (κ2) is 9.88. The van der Waals surface area contributed by atoms with Gasteiger partial charge in [0.2, 0.25) is 0 Å². The summed E-state index contributed by atoms with van der Waals surface area (Å²) in [5.74, 6) is -0.0899. The Hall–Kier alpha value is -3.31. The molecule has 1 saturated heterocycles. The molecule has 0 aromatic heterocycles. The van der Waals surface area contributed by atoms with E-state index in [1.165, 1.54) is 11.1 Å². The van der Waals surface area contributed by atoms with E-state index >= 15 is 0 Å². The maximum Gasteiger partial charge on any atom is 0.255 e. The van der Waals surface area contributed by atoms with Gasteiger partial charge in [0, 0.05) is 38.9 Å². The van der Waals surface area contributed by atoms with Gasteiger partial charge in [-0.15, -0.1) is 0 Å². The van der Waals surface area contributed by atoms with E-state index in [9.17, 15) is 4.79 Å². The van der Waals surface area contributed by atoms with Crippen LogP contribution in [0.15, 0.2) is 78.9 Å². The van der Waals surface area contributed by atoms with Gasteiger partial charge in [-0.1, -0.05) is 66.7 Å². The Bertz CT molecular complexity index is 989. The molecular formula is C27H32N4O. The maximum atomic E-state index is 13.1. The first-order valence-corrected chi connectivity index (χ1v) is 11.2. The molecule has 0 radical (unpaired) electrons. The van der Waals surface area contributed by atoms with Crippen molar-refractivity contribution in [3.8, 4) is 0 Å². The summed E-state index contributed by atoms with van der Waals surface area (Å²) < 4.78 is 0. The Morgan fingerprint density at radius 3 is 2.00 bits per heavy atom. The third-order valence-corrected chi connectivity index (χ3v) is 6.24. The van der Waals surface area contributed by atoms with Crippen molar-refractivity contribution in [1.29, 1.82) is 0 Å². The molecule has 1 amide bonds. The van der Waals surface area contributed by atoms with Gasteiger partial charge in [0.15, 0.2) is 0 Å². The Labute approximate surface area is 190 Å². The number of piperidine rings is 1. The van der Waals surface area contributed by atoms with Gasteiger partial charge in [0.25, 0.3) is 5.91 Å². The lowest BCUT2D eigenvalue weighted by molar-refractivity contribution is 0.0902. The van der Waals surface area contributed by atoms with Crippen LogP contribution in [-0.4, -0.2) is 44.0 Å². The number of benzene rings is 3. The lowest BCUT2D eigenvalue weighted by atomic mass is 9.94. The lowest BCUT2D eigenvalue weighted by Gasteiger charge is -2.38. The molecule has 3 aromatic carbocycles. The zero-order chi connectivity index (χ0) is 22.5. The summed E-state index contributed by atoms with van der Waals surface area (Å²) in [5, 5.41) is 3.24. The number of carbonyl (C=O) groups is 1. The number of nitrogens with one attached hydrogen (secondary N) is 1. The van der Waals surface area contributed by atoms with Crippen LogP contribution in [0.5, 0.6) is 0 Å². The van der Waals surface area contributed by atoms with Crippen LogP contribution in [-0.2, 0) is 0 Å². The fraction of sp³-hybridized carbons (Fsp3) is 0.296. The van der Waals surface area contributed by atoms with Gasteiger partial charge in [0.1, 0.15) is 0 Å². The van der Waals surface area contributed by atoms with Gasteiger partial charge < -0.3 is 16.0 Å². The zero-order valence-corrected chi connectivity index (χ0v) is 18.9. The number of amides is 1. The van der Waals surface area contributed by atoms with Crippen molar-refractivity contribution >= 4 is 17.3 Å². The van der Waals surface area contributed by atoms with Crippen LogP contribution in [0.3, 0.4) is 0 Å². The van der Waals surface area contributed by atoms with Gasteiger partial charge in [-0.25, -0.2) is 0 Å². The van der Waals surface area contributed by atoms with Crippen LogP contribution in [0.2, 0.25) is 0 Å². The molecule has 3 N–H and O–H groups in total. The Kier molecular flexibility index (Phi) is 6.76. The van der Waals surface area contributed by atoms with Crippen LogP contribution in [0.1, 0.15) is 40.4 Å². The largest absolute Gasteiger partial charge is 0.398 e. The number of anilines is 2. The molecule has 1 fully saturated rings. The minimum Gasteiger partial charge on any atom is -0.398 e. The van der Waals surface area contributed by atoms with Crippen molar-refractivity contribution in [2.45, 2.75) is 24.9 Å². The van der Waals surface area contributed by atoms with E-state index in [-0.39, 0.29) is 18.0 Å². The van der Waals surface area contributed by atoms with Crippen molar-refractivity contribution in [3.63, 3.8) is 0 Å². The van der Waals surface area contributed by atoms with Crippen molar-refractivity contribution in [1.82, 2.24) is 10.2 Å². The Balaban J connectivity index is 1.46. The number of nitrogen functional groups attached to an aromatic ring is 1. The molecule has 166 valence electrons. The standard InChI is InChI=1S/C27H32N4O/c1-30(2)24-15-9-14-23(28)25(24)27(32)29-22-16-18-31(19-17-22)26(20-10-5-3-6-11-20)21-12-7-4-8-13-21/h3-15,22,26H,16-19,28H2,1-2H3,(H,29,32). The normalized spacial score (nSPS) is 15.0. The van der Waals surface area contributed by atoms with Gasteiger partial charge in [-0.3, -0.25) is 9.69 Å².